The minimum atomic E-state index is -0.279. The maximum absolute atomic E-state index is 13.7. The normalized spacial score (nSPS) is 12.7. The molecule has 1 amide bonds. The number of nitrogens with one attached hydrogen (secondary N) is 1. The summed E-state index contributed by atoms with van der Waals surface area (Å²) < 4.78 is 6.84. The van der Waals surface area contributed by atoms with E-state index in [9.17, 15) is 9.59 Å². The molecule has 1 aliphatic carbocycles. The second-order valence-electron chi connectivity index (χ2n) is 7.73. The van der Waals surface area contributed by atoms with Gasteiger partial charge in [0.1, 0.15) is 10.6 Å². The molecule has 1 N–H and O–H groups in total. The molecule has 4 aromatic rings. The molecule has 1 aliphatic rings. The third kappa shape index (κ3) is 4.43. The number of carbonyl (C=O) groups is 1. The Balaban J connectivity index is 1.51. The summed E-state index contributed by atoms with van der Waals surface area (Å²) in [6, 6.07) is 12.1. The quantitative estimate of drug-likeness (QED) is 0.244. The number of methoxy groups -OCH3 is 1. The number of carbonyl (C=O) groups excluding carboxylic acids is 1. The first-order chi connectivity index (χ1) is 16.4. The number of fused-ring (bicyclic) bond motifs is 3. The number of anilines is 1. The maximum atomic E-state index is 13.7. The topological polar surface area (TPSA) is 73.2 Å². The van der Waals surface area contributed by atoms with Crippen LogP contribution in [0.2, 0.25) is 10.0 Å². The van der Waals surface area contributed by atoms with Crippen LogP contribution >= 0.6 is 46.3 Å². The van der Waals surface area contributed by atoms with E-state index < -0.39 is 0 Å². The first kappa shape index (κ1) is 23.2. The fraction of sp³-hybridized carbons (Fsp3) is 0.208. The molecular formula is C24H19Cl2N3O3S2. The Morgan fingerprint density at radius 3 is 2.76 bits per heavy atom. The SMILES string of the molecule is COc1ccc(-n2c(SCC(=O)Nc3cc(Cl)ccc3Cl)nc3sc4c(c3c2=O)CCC4)cc1. The van der Waals surface area contributed by atoms with Crippen molar-refractivity contribution in [2.24, 2.45) is 0 Å². The zero-order chi connectivity index (χ0) is 23.8. The van der Waals surface area contributed by atoms with E-state index in [-0.39, 0.29) is 17.2 Å². The molecular weight excluding hydrogens is 513 g/mol. The van der Waals surface area contributed by atoms with Crippen LogP contribution in [-0.4, -0.2) is 28.3 Å². The number of thiophene rings is 1. The molecule has 0 fully saturated rings. The molecule has 0 bridgehead atoms. The first-order valence-electron chi connectivity index (χ1n) is 10.5. The molecule has 34 heavy (non-hydrogen) atoms. The average molecular weight is 532 g/mol. The summed E-state index contributed by atoms with van der Waals surface area (Å²) in [5.41, 5.74) is 2.10. The number of amides is 1. The zero-order valence-electron chi connectivity index (χ0n) is 18.1. The van der Waals surface area contributed by atoms with Crippen molar-refractivity contribution in [3.8, 4) is 11.4 Å². The molecule has 5 rings (SSSR count). The molecule has 2 aromatic heterocycles. The lowest BCUT2D eigenvalue weighted by molar-refractivity contribution is -0.113. The number of aryl methyl sites for hydroxylation is 2. The van der Waals surface area contributed by atoms with Crippen LogP contribution in [0.15, 0.2) is 52.4 Å². The van der Waals surface area contributed by atoms with Gasteiger partial charge in [-0.05, 0) is 67.3 Å². The van der Waals surface area contributed by atoms with Crippen LogP contribution < -0.4 is 15.6 Å². The minimum absolute atomic E-state index is 0.0437. The van der Waals surface area contributed by atoms with Gasteiger partial charge in [-0.15, -0.1) is 11.3 Å². The molecule has 0 saturated carbocycles. The van der Waals surface area contributed by atoms with Gasteiger partial charge < -0.3 is 10.1 Å². The second-order valence-corrected chi connectivity index (χ2v) is 10.6. The van der Waals surface area contributed by atoms with Crippen molar-refractivity contribution < 1.29 is 9.53 Å². The van der Waals surface area contributed by atoms with E-state index in [1.54, 1.807) is 53.3 Å². The summed E-state index contributed by atoms with van der Waals surface area (Å²) in [7, 11) is 1.59. The number of nitrogens with zero attached hydrogens (tertiary/aromatic N) is 2. The van der Waals surface area contributed by atoms with Crippen LogP contribution in [0.4, 0.5) is 5.69 Å². The Hall–Kier alpha value is -2.52. The first-order valence-corrected chi connectivity index (χ1v) is 13.1. The Kier molecular flexibility index (Phi) is 6.57. The molecule has 2 heterocycles. The Morgan fingerprint density at radius 2 is 2.00 bits per heavy atom. The molecule has 174 valence electrons. The summed E-state index contributed by atoms with van der Waals surface area (Å²) >= 11 is 15.0. The summed E-state index contributed by atoms with van der Waals surface area (Å²) in [5, 5.41) is 4.78. The van der Waals surface area contributed by atoms with Crippen LogP contribution in [0.5, 0.6) is 5.75 Å². The smallest absolute Gasteiger partial charge is 0.267 e. The minimum Gasteiger partial charge on any atom is -0.497 e. The summed E-state index contributed by atoms with van der Waals surface area (Å²) in [6.45, 7) is 0. The highest BCUT2D eigenvalue weighted by Gasteiger charge is 2.24. The van der Waals surface area contributed by atoms with Crippen LogP contribution in [-0.2, 0) is 17.6 Å². The van der Waals surface area contributed by atoms with E-state index in [0.717, 1.165) is 29.7 Å². The molecule has 0 aliphatic heterocycles. The lowest BCUT2D eigenvalue weighted by atomic mass is 10.2. The van der Waals surface area contributed by atoms with E-state index in [1.807, 2.05) is 12.1 Å². The summed E-state index contributed by atoms with van der Waals surface area (Å²) in [5.74, 6) is 0.454. The summed E-state index contributed by atoms with van der Waals surface area (Å²) in [4.78, 5) is 33.1. The second kappa shape index (κ2) is 9.62. The molecule has 10 heteroatoms. The number of hydrogen-bond donors (Lipinski definition) is 1. The Bertz CT molecular complexity index is 1470. The van der Waals surface area contributed by atoms with Crippen molar-refractivity contribution in [2.75, 3.05) is 18.2 Å². The fourth-order valence-electron chi connectivity index (χ4n) is 3.99. The van der Waals surface area contributed by atoms with Crippen molar-refractivity contribution >= 4 is 68.1 Å². The van der Waals surface area contributed by atoms with Crippen LogP contribution in [0, 0.1) is 0 Å². The zero-order valence-corrected chi connectivity index (χ0v) is 21.2. The number of halogens is 2. The number of ether oxygens (including phenoxy) is 1. The van der Waals surface area contributed by atoms with Gasteiger partial charge in [-0.1, -0.05) is 35.0 Å². The highest BCUT2D eigenvalue weighted by atomic mass is 35.5. The van der Waals surface area contributed by atoms with Crippen molar-refractivity contribution in [2.45, 2.75) is 24.4 Å². The van der Waals surface area contributed by atoms with Crippen LogP contribution in [0.1, 0.15) is 16.9 Å². The number of hydrogen-bond acceptors (Lipinski definition) is 6. The predicted molar refractivity (Wildman–Crippen MR) is 140 cm³/mol. The van der Waals surface area contributed by atoms with Gasteiger partial charge in [-0.25, -0.2) is 4.98 Å². The maximum Gasteiger partial charge on any atom is 0.267 e. The van der Waals surface area contributed by atoms with Gasteiger partial charge in [0.15, 0.2) is 5.16 Å². The summed E-state index contributed by atoms with van der Waals surface area (Å²) in [6.07, 6.45) is 2.93. The van der Waals surface area contributed by atoms with Crippen LogP contribution in [0.25, 0.3) is 15.9 Å². The van der Waals surface area contributed by atoms with Gasteiger partial charge in [0.2, 0.25) is 5.91 Å². The molecule has 0 atom stereocenters. The van der Waals surface area contributed by atoms with E-state index in [4.69, 9.17) is 32.9 Å². The van der Waals surface area contributed by atoms with Gasteiger partial charge in [0.25, 0.3) is 5.56 Å². The largest absolute Gasteiger partial charge is 0.497 e. The van der Waals surface area contributed by atoms with Crippen molar-refractivity contribution in [3.63, 3.8) is 0 Å². The Labute approximate surface area is 213 Å². The third-order valence-corrected chi connectivity index (χ3v) is 8.26. The monoisotopic (exact) mass is 531 g/mol. The molecule has 2 aromatic carbocycles. The standard InChI is InChI=1S/C24H19Cl2N3O3S2/c1-32-15-8-6-14(7-9-15)29-23(31)21-16-3-2-4-19(16)34-22(21)28-24(29)33-12-20(30)27-18-11-13(25)5-10-17(18)26/h5-11H,2-4,12H2,1H3,(H,27,30). The van der Waals surface area contributed by atoms with Gasteiger partial charge in [0.05, 0.1) is 34.6 Å². The molecule has 6 nitrogen and oxygen atoms in total. The van der Waals surface area contributed by atoms with Gasteiger partial charge >= 0.3 is 0 Å². The average Bonchev–Trinajstić information content (AvgIpc) is 3.41. The highest BCUT2D eigenvalue weighted by Crippen LogP contribution is 2.36. The van der Waals surface area contributed by atoms with E-state index >= 15 is 0 Å². The van der Waals surface area contributed by atoms with E-state index in [2.05, 4.69) is 5.32 Å². The molecule has 0 spiro atoms. The van der Waals surface area contributed by atoms with Crippen molar-refractivity contribution in [1.29, 1.82) is 0 Å². The lowest BCUT2D eigenvalue weighted by Crippen LogP contribution is -2.23. The lowest BCUT2D eigenvalue weighted by Gasteiger charge is -2.13. The fourth-order valence-corrected chi connectivity index (χ4v) is 6.44. The molecule has 0 saturated heterocycles. The van der Waals surface area contributed by atoms with E-state index in [0.29, 0.717) is 37.7 Å². The third-order valence-electron chi connectivity index (χ3n) is 5.57. The van der Waals surface area contributed by atoms with Crippen molar-refractivity contribution in [3.05, 3.63) is 73.3 Å². The van der Waals surface area contributed by atoms with Crippen molar-refractivity contribution in [1.82, 2.24) is 9.55 Å². The number of thioether (sulfide) groups is 1. The predicted octanol–water partition coefficient (Wildman–Crippen LogP) is 5.98. The molecule has 0 radical (unpaired) electrons. The van der Waals surface area contributed by atoms with Gasteiger partial charge in [-0.3, -0.25) is 14.2 Å². The van der Waals surface area contributed by atoms with Gasteiger partial charge in [0, 0.05) is 9.90 Å². The van der Waals surface area contributed by atoms with E-state index in [1.165, 1.54) is 16.6 Å². The van der Waals surface area contributed by atoms with Crippen LogP contribution in [0.3, 0.4) is 0 Å². The molecule has 0 unspecified atom stereocenters. The number of benzene rings is 2. The number of rotatable bonds is 6. The highest BCUT2D eigenvalue weighted by molar-refractivity contribution is 7.99. The van der Waals surface area contributed by atoms with Gasteiger partial charge in [-0.2, -0.15) is 0 Å². The number of aromatic nitrogens is 2. The Morgan fingerprint density at radius 1 is 1.21 bits per heavy atom.